The first kappa shape index (κ1) is 26.8. The fourth-order valence-electron chi connectivity index (χ4n) is 4.68. The summed E-state index contributed by atoms with van der Waals surface area (Å²) in [6, 6.07) is 10.9. The van der Waals surface area contributed by atoms with Gasteiger partial charge in [-0.05, 0) is 64.9 Å². The molecule has 4 aromatic carbocycles. The van der Waals surface area contributed by atoms with Crippen molar-refractivity contribution in [1.29, 1.82) is 0 Å². The zero-order valence-electron chi connectivity index (χ0n) is 20.6. The van der Waals surface area contributed by atoms with E-state index in [9.17, 15) is 26.3 Å². The number of ether oxygens (including phenoxy) is 2. The van der Waals surface area contributed by atoms with Crippen molar-refractivity contribution >= 4 is 21.5 Å². The molecule has 0 aliphatic carbocycles. The van der Waals surface area contributed by atoms with Gasteiger partial charge in [-0.25, -0.2) is 17.6 Å². The minimum absolute atomic E-state index is 0.0231. The van der Waals surface area contributed by atoms with Crippen molar-refractivity contribution in [2.24, 2.45) is 5.92 Å². The van der Waals surface area contributed by atoms with Crippen LogP contribution in [0.3, 0.4) is 0 Å². The summed E-state index contributed by atoms with van der Waals surface area (Å²) < 4.78 is 107. The molecule has 1 heterocycles. The van der Waals surface area contributed by atoms with Crippen LogP contribution in [0.1, 0.15) is 42.6 Å². The highest BCUT2D eigenvalue weighted by Gasteiger charge is 2.24. The van der Waals surface area contributed by atoms with Crippen molar-refractivity contribution in [1.82, 2.24) is 0 Å². The summed E-state index contributed by atoms with van der Waals surface area (Å²) in [5.41, 5.74) is 0.162. The molecule has 0 aromatic heterocycles. The van der Waals surface area contributed by atoms with Gasteiger partial charge in [0, 0.05) is 23.3 Å². The first-order valence-electron chi connectivity index (χ1n) is 12.2. The summed E-state index contributed by atoms with van der Waals surface area (Å²) in [5, 5.41) is 0.379. The highest BCUT2D eigenvalue weighted by molar-refractivity contribution is 5.86. The Kier molecular flexibility index (Phi) is 7.17. The molecule has 4 aromatic rings. The normalized spacial score (nSPS) is 17.7. The lowest BCUT2D eigenvalue weighted by Gasteiger charge is -2.27. The monoisotopic (exact) mass is 546 g/mol. The van der Waals surface area contributed by atoms with E-state index in [1.807, 2.05) is 0 Å². The van der Waals surface area contributed by atoms with Crippen LogP contribution in [0.5, 0.6) is 5.75 Å². The van der Waals surface area contributed by atoms with E-state index in [4.69, 9.17) is 9.47 Å². The van der Waals surface area contributed by atoms with Gasteiger partial charge in [-0.3, -0.25) is 0 Å². The highest BCUT2D eigenvalue weighted by Crippen LogP contribution is 2.36. The Bertz CT molecular complexity index is 1620. The second-order valence-corrected chi connectivity index (χ2v) is 9.63. The van der Waals surface area contributed by atoms with Crippen LogP contribution in [-0.4, -0.2) is 12.8 Å². The first-order chi connectivity index (χ1) is 18.5. The molecule has 0 spiro atoms. The molecular formula is C30H21F7O2. The molecule has 0 amide bonds. The molecule has 1 saturated heterocycles. The van der Waals surface area contributed by atoms with Gasteiger partial charge in [0.05, 0.1) is 11.7 Å². The van der Waals surface area contributed by atoms with Crippen LogP contribution in [0.2, 0.25) is 0 Å². The van der Waals surface area contributed by atoms with E-state index >= 15 is 4.39 Å². The molecular weight excluding hydrogens is 525 g/mol. The van der Waals surface area contributed by atoms with E-state index in [0.717, 1.165) is 30.4 Å². The number of hydrogen-bond donors (Lipinski definition) is 0. The topological polar surface area (TPSA) is 18.5 Å². The van der Waals surface area contributed by atoms with Gasteiger partial charge in [-0.1, -0.05) is 37.1 Å². The van der Waals surface area contributed by atoms with Crippen LogP contribution >= 0.6 is 0 Å². The second kappa shape index (κ2) is 10.4. The van der Waals surface area contributed by atoms with Crippen LogP contribution in [0.15, 0.2) is 48.5 Å². The molecule has 9 heteroatoms. The van der Waals surface area contributed by atoms with Gasteiger partial charge in [-0.2, -0.15) is 13.2 Å². The Labute approximate surface area is 219 Å². The minimum atomic E-state index is -4.91. The number of alkyl halides is 3. The third kappa shape index (κ3) is 5.66. The van der Waals surface area contributed by atoms with Crippen molar-refractivity contribution in [2.45, 2.75) is 38.7 Å². The molecule has 202 valence electrons. The SMILES string of the molecule is CC1CCC(c2ccc3c(F)c(OCc4ccc5c(F)c(C#CC(F)(F)F)c(F)cc5c4)c(F)cc3c2)OC1. The van der Waals surface area contributed by atoms with Crippen LogP contribution in [0, 0.1) is 41.0 Å². The van der Waals surface area contributed by atoms with Crippen molar-refractivity contribution in [2.75, 3.05) is 6.61 Å². The van der Waals surface area contributed by atoms with Gasteiger partial charge < -0.3 is 9.47 Å². The van der Waals surface area contributed by atoms with E-state index in [-0.39, 0.29) is 28.9 Å². The second-order valence-electron chi connectivity index (χ2n) is 9.63. The number of rotatable bonds is 4. The Morgan fingerprint density at radius 3 is 2.28 bits per heavy atom. The van der Waals surface area contributed by atoms with Gasteiger partial charge in [-0.15, -0.1) is 0 Å². The fourth-order valence-corrected chi connectivity index (χ4v) is 4.68. The lowest BCUT2D eigenvalue weighted by atomic mass is 9.94. The summed E-state index contributed by atoms with van der Waals surface area (Å²) in [4.78, 5) is 0. The van der Waals surface area contributed by atoms with Gasteiger partial charge in [0.25, 0.3) is 0 Å². The van der Waals surface area contributed by atoms with Crippen molar-refractivity contribution in [3.05, 3.63) is 88.5 Å². The molecule has 5 rings (SSSR count). The standard InChI is InChI=1S/C30H21F7O2/c1-16-2-7-26(38-14-16)18-4-6-22-20(11-18)13-25(32)29(28(22)34)39-15-17-3-5-21-19(10-17)12-24(31)23(27(21)33)8-9-30(35,36)37/h3-6,10-13,16,26H,2,7,14-15H2,1H3. The minimum Gasteiger partial charge on any atom is -0.483 e. The lowest BCUT2D eigenvalue weighted by Crippen LogP contribution is -2.18. The van der Waals surface area contributed by atoms with Gasteiger partial charge in [0.1, 0.15) is 18.2 Å². The average molecular weight is 546 g/mol. The fraction of sp³-hybridized carbons (Fsp3) is 0.267. The zero-order chi connectivity index (χ0) is 27.9. The average Bonchev–Trinajstić information content (AvgIpc) is 2.87. The predicted octanol–water partition coefficient (Wildman–Crippen LogP) is 8.53. The van der Waals surface area contributed by atoms with Crippen LogP contribution in [-0.2, 0) is 11.3 Å². The van der Waals surface area contributed by atoms with E-state index < -0.39 is 40.8 Å². The van der Waals surface area contributed by atoms with Crippen molar-refractivity contribution in [3.8, 4) is 17.6 Å². The number of fused-ring (bicyclic) bond motifs is 2. The zero-order valence-corrected chi connectivity index (χ0v) is 20.6. The molecule has 0 N–H and O–H groups in total. The van der Waals surface area contributed by atoms with Crippen molar-refractivity contribution in [3.63, 3.8) is 0 Å². The molecule has 1 aliphatic rings. The molecule has 0 bridgehead atoms. The molecule has 39 heavy (non-hydrogen) atoms. The summed E-state index contributed by atoms with van der Waals surface area (Å²) in [5.74, 6) is -2.12. The largest absolute Gasteiger partial charge is 0.483 e. The Hall–Kier alpha value is -3.77. The van der Waals surface area contributed by atoms with Gasteiger partial charge in [0.2, 0.25) is 0 Å². The van der Waals surface area contributed by atoms with Crippen molar-refractivity contribution < 1.29 is 40.2 Å². The molecule has 2 unspecified atom stereocenters. The number of hydrogen-bond acceptors (Lipinski definition) is 2. The number of benzene rings is 4. The maximum atomic E-state index is 15.2. The summed E-state index contributed by atoms with van der Waals surface area (Å²) in [7, 11) is 0. The van der Waals surface area contributed by atoms with Crippen LogP contribution in [0.25, 0.3) is 21.5 Å². The molecule has 0 saturated carbocycles. The van der Waals surface area contributed by atoms with Gasteiger partial charge in [0.15, 0.2) is 17.4 Å². The third-order valence-electron chi connectivity index (χ3n) is 6.69. The quantitative estimate of drug-likeness (QED) is 0.189. The van der Waals surface area contributed by atoms with E-state index in [2.05, 4.69) is 6.92 Å². The van der Waals surface area contributed by atoms with E-state index in [1.165, 1.54) is 30.2 Å². The van der Waals surface area contributed by atoms with E-state index in [0.29, 0.717) is 23.5 Å². The maximum absolute atomic E-state index is 15.2. The van der Waals surface area contributed by atoms with Gasteiger partial charge >= 0.3 is 6.18 Å². The lowest BCUT2D eigenvalue weighted by molar-refractivity contribution is -0.0696. The Morgan fingerprint density at radius 2 is 1.56 bits per heavy atom. The highest BCUT2D eigenvalue weighted by atomic mass is 19.4. The Morgan fingerprint density at radius 1 is 0.872 bits per heavy atom. The summed E-state index contributed by atoms with van der Waals surface area (Å²) in [6.45, 7) is 2.39. The molecule has 0 radical (unpaired) electrons. The molecule has 1 fully saturated rings. The summed E-state index contributed by atoms with van der Waals surface area (Å²) >= 11 is 0. The Balaban J connectivity index is 1.39. The molecule has 2 atom stereocenters. The first-order valence-corrected chi connectivity index (χ1v) is 12.2. The van der Waals surface area contributed by atoms with E-state index in [1.54, 1.807) is 18.2 Å². The molecule has 2 nitrogen and oxygen atoms in total. The van der Waals surface area contributed by atoms with Crippen LogP contribution in [0.4, 0.5) is 30.7 Å². The summed E-state index contributed by atoms with van der Waals surface area (Å²) in [6.07, 6.45) is -3.23. The predicted molar refractivity (Wildman–Crippen MR) is 132 cm³/mol. The molecule has 1 aliphatic heterocycles. The third-order valence-corrected chi connectivity index (χ3v) is 6.69. The smallest absolute Gasteiger partial charge is 0.458 e. The maximum Gasteiger partial charge on any atom is 0.458 e. The number of halogens is 7. The van der Waals surface area contributed by atoms with Crippen LogP contribution < -0.4 is 4.74 Å².